The van der Waals surface area contributed by atoms with Crippen molar-refractivity contribution in [3.8, 4) is 28.7 Å². The smallest absolute Gasteiger partial charge is 0.270 e. The third-order valence-electron chi connectivity index (χ3n) is 7.68. The topological polar surface area (TPSA) is 261 Å². The highest BCUT2D eigenvalue weighted by molar-refractivity contribution is 5.69. The second-order valence-electron chi connectivity index (χ2n) is 10.5. The van der Waals surface area contributed by atoms with Crippen LogP contribution in [0.15, 0.2) is 36.1 Å². The number of methoxy groups -OCH3 is 1. The monoisotopic (exact) mass is 627 g/mol. The standard InChI is InChI=1S/C28H34O16/c1-39-16-4-10(2-3-13(16)32)25-17(7-12-14(33)5-11(31)6-15(12)40-25)41-28-26(23(37)21(35)19(9-30)43-28)44-27-24(38)22(36)20(34)18(8-29)42-27/h2-7,18-38H,8-9H2,1H3/p+1/t18-,19-,20-,21-,22+,23+,24-,25?,26-,27+,28-/m1/s1. The average molecular weight is 628 g/mol. The lowest BCUT2D eigenvalue weighted by atomic mass is 9.97. The van der Waals surface area contributed by atoms with Crippen LogP contribution >= 0.6 is 0 Å². The summed E-state index contributed by atoms with van der Waals surface area (Å²) in [7, 11) is 1.34. The van der Waals surface area contributed by atoms with Crippen molar-refractivity contribution >= 4 is 6.08 Å². The van der Waals surface area contributed by atoms with Gasteiger partial charge in [0.2, 0.25) is 6.29 Å². The Morgan fingerprint density at radius 1 is 0.773 bits per heavy atom. The molecule has 1 unspecified atom stereocenters. The summed E-state index contributed by atoms with van der Waals surface area (Å²) in [5, 5.41) is 103. The molecule has 0 saturated carbocycles. The molecule has 0 amide bonds. The van der Waals surface area contributed by atoms with E-state index in [1.165, 1.54) is 37.5 Å². The van der Waals surface area contributed by atoms with Crippen LogP contribution in [0.4, 0.5) is 0 Å². The fourth-order valence-electron chi connectivity index (χ4n) is 5.25. The number of hydrogen-bond acceptors (Lipinski definition) is 15. The Morgan fingerprint density at radius 2 is 1.43 bits per heavy atom. The average Bonchev–Trinajstić information content (AvgIpc) is 3.00. The molecule has 0 radical (unpaired) electrons. The summed E-state index contributed by atoms with van der Waals surface area (Å²) < 4.78 is 32.8. The van der Waals surface area contributed by atoms with Crippen molar-refractivity contribution in [2.24, 2.45) is 0 Å². The minimum Gasteiger partial charge on any atom is -0.571 e. The number of aliphatic hydroxyl groups is 8. The quantitative estimate of drug-likeness (QED) is 0.139. The first-order valence-electron chi connectivity index (χ1n) is 13.6. The highest BCUT2D eigenvalue weighted by Gasteiger charge is 2.52. The van der Waals surface area contributed by atoms with Gasteiger partial charge in [0.1, 0.15) is 59.8 Å². The van der Waals surface area contributed by atoms with Crippen LogP contribution in [-0.4, -0.2) is 138 Å². The van der Waals surface area contributed by atoms with E-state index in [2.05, 4.69) is 4.74 Å². The van der Waals surface area contributed by atoms with Crippen molar-refractivity contribution in [1.29, 1.82) is 0 Å². The van der Waals surface area contributed by atoms with E-state index in [9.17, 15) is 51.1 Å². The van der Waals surface area contributed by atoms with Gasteiger partial charge in [0, 0.05) is 12.1 Å². The fraction of sp³-hybridized carbons (Fsp3) is 0.500. The normalized spacial score (nSPS) is 35.3. The Morgan fingerprint density at radius 3 is 2.09 bits per heavy atom. The second-order valence-corrected chi connectivity index (χ2v) is 10.5. The summed E-state index contributed by atoms with van der Waals surface area (Å²) in [6.45, 7) is -1.51. The number of phenolic OH excluding ortho intramolecular Hbond substituents is 3. The zero-order valence-corrected chi connectivity index (χ0v) is 23.2. The molecule has 0 aromatic heterocycles. The number of aromatic hydroxyl groups is 4. The van der Waals surface area contributed by atoms with Crippen molar-refractivity contribution in [1.82, 2.24) is 0 Å². The third-order valence-corrected chi connectivity index (χ3v) is 7.68. The van der Waals surface area contributed by atoms with E-state index in [0.29, 0.717) is 5.56 Å². The highest BCUT2D eigenvalue weighted by Crippen LogP contribution is 2.46. The Balaban J connectivity index is 1.53. The Labute approximate surface area is 249 Å². The van der Waals surface area contributed by atoms with Gasteiger partial charge in [-0.3, -0.25) is 0 Å². The number of hydrogen-bond donors (Lipinski definition) is 10. The van der Waals surface area contributed by atoms with E-state index >= 15 is 0 Å². The molecular weight excluding hydrogens is 592 g/mol. The van der Waals surface area contributed by atoms with Crippen molar-refractivity contribution in [3.05, 3.63) is 47.2 Å². The van der Waals surface area contributed by atoms with Crippen LogP contribution in [0, 0.1) is 0 Å². The summed E-state index contributed by atoms with van der Waals surface area (Å²) in [6, 6.07) is 6.71. The fourth-order valence-corrected chi connectivity index (χ4v) is 5.25. The number of fused-ring (bicyclic) bond motifs is 1. The van der Waals surface area contributed by atoms with Crippen LogP contribution in [-0.2, 0) is 18.9 Å². The molecule has 0 bridgehead atoms. The first-order valence-corrected chi connectivity index (χ1v) is 13.6. The maximum Gasteiger partial charge on any atom is 0.270 e. The first kappa shape index (κ1) is 32.0. The zero-order valence-electron chi connectivity index (χ0n) is 23.2. The minimum atomic E-state index is -1.87. The van der Waals surface area contributed by atoms with Gasteiger partial charge in [-0.25, -0.2) is 0 Å². The van der Waals surface area contributed by atoms with Crippen molar-refractivity contribution in [2.45, 2.75) is 67.5 Å². The number of aliphatic hydroxyl groups excluding tert-OH is 7. The van der Waals surface area contributed by atoms with Crippen molar-refractivity contribution in [2.75, 3.05) is 20.3 Å². The molecule has 3 aliphatic heterocycles. The van der Waals surface area contributed by atoms with Gasteiger partial charge in [0.25, 0.3) is 11.9 Å². The van der Waals surface area contributed by atoms with Crippen LogP contribution in [0.25, 0.3) is 6.08 Å². The summed E-state index contributed by atoms with van der Waals surface area (Å²) in [6.07, 6.45) is -16.4. The van der Waals surface area contributed by atoms with E-state index in [4.69, 9.17) is 23.7 Å². The van der Waals surface area contributed by atoms with Gasteiger partial charge in [0.15, 0.2) is 29.7 Å². The molecule has 242 valence electrons. The molecule has 16 heteroatoms. The molecule has 3 aliphatic rings. The highest BCUT2D eigenvalue weighted by atomic mass is 16.8. The molecular formula is C28H35O16+. The van der Waals surface area contributed by atoms with Gasteiger partial charge in [0.05, 0.1) is 32.0 Å². The molecule has 0 spiro atoms. The zero-order chi connectivity index (χ0) is 31.9. The number of phenols is 3. The van der Waals surface area contributed by atoms with Crippen LogP contribution < -0.4 is 4.74 Å². The predicted molar refractivity (Wildman–Crippen MR) is 144 cm³/mol. The first-order chi connectivity index (χ1) is 21.0. The Kier molecular flexibility index (Phi) is 9.38. The molecule has 16 nitrogen and oxygen atoms in total. The van der Waals surface area contributed by atoms with Gasteiger partial charge < -0.3 is 79.5 Å². The molecule has 2 saturated heterocycles. The summed E-state index contributed by atoms with van der Waals surface area (Å²) in [5.41, 5.74) is 0.544. The molecule has 2 aromatic rings. The third kappa shape index (κ3) is 5.96. The lowest BCUT2D eigenvalue weighted by Crippen LogP contribution is -2.64. The maximum atomic E-state index is 11.0. The summed E-state index contributed by atoms with van der Waals surface area (Å²) >= 11 is 0. The number of ether oxygens (including phenoxy) is 6. The van der Waals surface area contributed by atoms with E-state index in [-0.39, 0.29) is 40.1 Å². The van der Waals surface area contributed by atoms with Crippen molar-refractivity contribution < 1.29 is 79.5 Å². The predicted octanol–water partition coefficient (Wildman–Crippen LogP) is -2.21. The van der Waals surface area contributed by atoms with Gasteiger partial charge in [-0.05, 0) is 18.2 Å². The summed E-state index contributed by atoms with van der Waals surface area (Å²) in [5.74, 6) is -0.544. The molecule has 2 aromatic carbocycles. The molecule has 2 fully saturated rings. The summed E-state index contributed by atoms with van der Waals surface area (Å²) in [4.78, 5) is 0. The Hall–Kier alpha value is -3.42. The minimum absolute atomic E-state index is 0.0288. The lowest BCUT2D eigenvalue weighted by molar-refractivity contribution is -0.364. The molecule has 5 rings (SSSR count). The van der Waals surface area contributed by atoms with E-state index < -0.39 is 80.7 Å². The van der Waals surface area contributed by atoms with Crippen LogP contribution in [0.5, 0.6) is 28.7 Å². The molecule has 3 heterocycles. The molecule has 11 atom stereocenters. The van der Waals surface area contributed by atoms with Gasteiger partial charge in [-0.15, -0.1) is 0 Å². The second kappa shape index (κ2) is 12.9. The van der Waals surface area contributed by atoms with Gasteiger partial charge in [-0.2, -0.15) is 0 Å². The van der Waals surface area contributed by atoms with E-state index in [1.807, 2.05) is 0 Å². The van der Waals surface area contributed by atoms with Crippen LogP contribution in [0.2, 0.25) is 0 Å². The number of benzene rings is 2. The number of rotatable bonds is 8. The Bertz CT molecular complexity index is 1350. The molecule has 44 heavy (non-hydrogen) atoms. The lowest BCUT2D eigenvalue weighted by Gasteiger charge is -2.46. The van der Waals surface area contributed by atoms with Crippen LogP contribution in [0.1, 0.15) is 17.2 Å². The van der Waals surface area contributed by atoms with E-state index in [0.717, 1.165) is 6.07 Å². The maximum absolute atomic E-state index is 11.0. The SMILES string of the molecule is COc1cc(C2[OH+]c3cc(O)cc(O)c3C=C2O[C@@H]2O[C@H](CO)[C@@H](O)[C@H](O)[C@H]2O[C@@H]2O[C@H](CO)[C@@H](O)[C@H](O)[C@H]2O)ccc1O. The van der Waals surface area contributed by atoms with Gasteiger partial charge >= 0.3 is 0 Å². The van der Waals surface area contributed by atoms with Crippen LogP contribution in [0.3, 0.4) is 0 Å². The van der Waals surface area contributed by atoms with Crippen molar-refractivity contribution in [3.63, 3.8) is 0 Å². The van der Waals surface area contributed by atoms with E-state index in [1.54, 1.807) is 0 Å². The largest absolute Gasteiger partial charge is 0.571 e. The molecule has 11 N–H and O–H groups in total. The molecule has 0 aliphatic carbocycles. The van der Waals surface area contributed by atoms with Gasteiger partial charge in [-0.1, -0.05) is 0 Å².